The van der Waals surface area contributed by atoms with Crippen LogP contribution in [0.25, 0.3) is 10.8 Å². The summed E-state index contributed by atoms with van der Waals surface area (Å²) in [6.45, 7) is 2.91. The molecular formula is C14H17N3O4. The highest BCUT2D eigenvalue weighted by Crippen LogP contribution is 2.32. The third-order valence-corrected chi connectivity index (χ3v) is 3.35. The molecule has 7 heteroatoms. The van der Waals surface area contributed by atoms with E-state index in [0.717, 1.165) is 5.69 Å². The van der Waals surface area contributed by atoms with Crippen LogP contribution in [0.1, 0.15) is 12.6 Å². The van der Waals surface area contributed by atoms with Crippen LogP contribution in [0.5, 0.6) is 0 Å². The maximum atomic E-state index is 11.1. The van der Waals surface area contributed by atoms with Crippen LogP contribution < -0.4 is 5.32 Å². The number of aliphatic hydroxyl groups excluding tert-OH is 2. The zero-order chi connectivity index (χ0) is 15.6. The zero-order valence-corrected chi connectivity index (χ0v) is 11.8. The van der Waals surface area contributed by atoms with E-state index >= 15 is 0 Å². The number of pyridine rings is 1. The number of rotatable bonds is 5. The Labute approximate surface area is 121 Å². The molecule has 1 heterocycles. The lowest BCUT2D eigenvalue weighted by Gasteiger charge is -2.28. The number of benzene rings is 1. The van der Waals surface area contributed by atoms with E-state index in [4.69, 9.17) is 0 Å². The van der Waals surface area contributed by atoms with Crippen LogP contribution in [0.4, 0.5) is 11.4 Å². The largest absolute Gasteiger partial charge is 0.394 e. The lowest BCUT2D eigenvalue weighted by Crippen LogP contribution is -2.42. The Morgan fingerprint density at radius 3 is 2.57 bits per heavy atom. The van der Waals surface area contributed by atoms with Crippen molar-refractivity contribution in [3.05, 3.63) is 40.2 Å². The van der Waals surface area contributed by atoms with Gasteiger partial charge in [0.2, 0.25) is 0 Å². The van der Waals surface area contributed by atoms with Gasteiger partial charge in [-0.1, -0.05) is 0 Å². The highest BCUT2D eigenvalue weighted by Gasteiger charge is 2.24. The summed E-state index contributed by atoms with van der Waals surface area (Å²) in [6.07, 6.45) is 1.46. The third kappa shape index (κ3) is 2.93. The minimum Gasteiger partial charge on any atom is -0.394 e. The van der Waals surface area contributed by atoms with E-state index < -0.39 is 10.5 Å². The van der Waals surface area contributed by atoms with Crippen LogP contribution in [0.2, 0.25) is 0 Å². The summed E-state index contributed by atoms with van der Waals surface area (Å²) in [5.41, 5.74) is 0.380. The van der Waals surface area contributed by atoms with Crippen LogP contribution in [-0.2, 0) is 0 Å². The minimum absolute atomic E-state index is 0.0299. The van der Waals surface area contributed by atoms with Gasteiger partial charge < -0.3 is 15.5 Å². The van der Waals surface area contributed by atoms with Crippen molar-refractivity contribution in [2.75, 3.05) is 18.5 Å². The number of nitro groups is 1. The topological polar surface area (TPSA) is 109 Å². The van der Waals surface area contributed by atoms with Gasteiger partial charge in [-0.25, -0.2) is 0 Å². The summed E-state index contributed by atoms with van der Waals surface area (Å²) in [4.78, 5) is 14.7. The highest BCUT2D eigenvalue weighted by atomic mass is 16.6. The maximum Gasteiger partial charge on any atom is 0.278 e. The van der Waals surface area contributed by atoms with Crippen molar-refractivity contribution in [1.82, 2.24) is 4.98 Å². The molecule has 1 aromatic carbocycles. The second kappa shape index (κ2) is 5.63. The Kier molecular flexibility index (Phi) is 4.06. The van der Waals surface area contributed by atoms with E-state index in [0.29, 0.717) is 16.5 Å². The van der Waals surface area contributed by atoms with E-state index in [1.807, 2.05) is 0 Å². The Hall–Kier alpha value is -2.25. The summed E-state index contributed by atoms with van der Waals surface area (Å²) < 4.78 is 0. The molecule has 0 aliphatic carbocycles. The predicted molar refractivity (Wildman–Crippen MR) is 79.3 cm³/mol. The quantitative estimate of drug-likeness (QED) is 0.570. The lowest BCUT2D eigenvalue weighted by atomic mass is 10.0. The number of hydrogen-bond donors (Lipinski definition) is 3. The SMILES string of the molecule is Cc1cc2c(NC(C)(CO)CO)ccc([N+](=O)[O-])c2cn1. The van der Waals surface area contributed by atoms with E-state index in [1.165, 1.54) is 12.3 Å². The molecule has 0 atom stereocenters. The van der Waals surface area contributed by atoms with Crippen LogP contribution >= 0.6 is 0 Å². The Morgan fingerprint density at radius 1 is 1.33 bits per heavy atom. The molecule has 0 radical (unpaired) electrons. The van der Waals surface area contributed by atoms with Gasteiger partial charge in [0.1, 0.15) is 0 Å². The number of aliphatic hydroxyl groups is 2. The Morgan fingerprint density at radius 2 is 2.00 bits per heavy atom. The average Bonchev–Trinajstić information content (AvgIpc) is 2.47. The van der Waals surface area contributed by atoms with E-state index in [-0.39, 0.29) is 18.9 Å². The average molecular weight is 291 g/mol. The van der Waals surface area contributed by atoms with Gasteiger partial charge >= 0.3 is 0 Å². The van der Waals surface area contributed by atoms with Crippen molar-refractivity contribution < 1.29 is 15.1 Å². The molecule has 3 N–H and O–H groups in total. The van der Waals surface area contributed by atoms with Gasteiger partial charge in [0, 0.05) is 29.0 Å². The monoisotopic (exact) mass is 291 g/mol. The van der Waals surface area contributed by atoms with Gasteiger partial charge in [-0.05, 0) is 26.0 Å². The number of nitro benzene ring substituents is 1. The second-order valence-electron chi connectivity index (χ2n) is 5.26. The minimum atomic E-state index is -0.916. The second-order valence-corrected chi connectivity index (χ2v) is 5.26. The molecule has 0 aliphatic heterocycles. The van der Waals surface area contributed by atoms with Gasteiger partial charge in [-0.2, -0.15) is 0 Å². The fourth-order valence-electron chi connectivity index (χ4n) is 2.05. The summed E-state index contributed by atoms with van der Waals surface area (Å²) in [5, 5.41) is 33.9. The molecule has 0 aliphatic rings. The van der Waals surface area contributed by atoms with E-state index in [1.54, 1.807) is 26.0 Å². The molecule has 0 saturated carbocycles. The van der Waals surface area contributed by atoms with E-state index in [2.05, 4.69) is 10.3 Å². The summed E-state index contributed by atoms with van der Waals surface area (Å²) in [5.74, 6) is 0. The van der Waals surface area contributed by atoms with E-state index in [9.17, 15) is 20.3 Å². The smallest absolute Gasteiger partial charge is 0.278 e. The molecule has 2 aromatic rings. The van der Waals surface area contributed by atoms with Crippen molar-refractivity contribution >= 4 is 22.1 Å². The number of fused-ring (bicyclic) bond motifs is 1. The highest BCUT2D eigenvalue weighted by molar-refractivity contribution is 5.99. The summed E-state index contributed by atoms with van der Waals surface area (Å²) in [6, 6.07) is 4.69. The predicted octanol–water partition coefficient (Wildman–Crippen LogP) is 1.61. The summed E-state index contributed by atoms with van der Waals surface area (Å²) in [7, 11) is 0. The van der Waals surface area contributed by atoms with Crippen molar-refractivity contribution in [2.45, 2.75) is 19.4 Å². The molecular weight excluding hydrogens is 274 g/mol. The number of aromatic nitrogens is 1. The van der Waals surface area contributed by atoms with Crippen LogP contribution in [0.15, 0.2) is 24.4 Å². The lowest BCUT2D eigenvalue weighted by molar-refractivity contribution is -0.383. The van der Waals surface area contributed by atoms with Gasteiger partial charge in [0.25, 0.3) is 5.69 Å². The number of nitrogens with one attached hydrogen (secondary N) is 1. The molecule has 0 unspecified atom stereocenters. The van der Waals surface area contributed by atoms with Crippen molar-refractivity contribution in [3.63, 3.8) is 0 Å². The maximum absolute atomic E-state index is 11.1. The van der Waals surface area contributed by atoms with Crippen molar-refractivity contribution in [2.24, 2.45) is 0 Å². The first-order chi connectivity index (χ1) is 9.90. The summed E-state index contributed by atoms with van der Waals surface area (Å²) >= 11 is 0. The molecule has 0 bridgehead atoms. The van der Waals surface area contributed by atoms with Gasteiger partial charge in [0.05, 0.1) is 29.1 Å². The molecule has 0 spiro atoms. The fraction of sp³-hybridized carbons (Fsp3) is 0.357. The van der Waals surface area contributed by atoms with Crippen molar-refractivity contribution in [1.29, 1.82) is 0 Å². The van der Waals surface area contributed by atoms with Crippen LogP contribution in [0.3, 0.4) is 0 Å². The first kappa shape index (κ1) is 15.1. The van der Waals surface area contributed by atoms with Crippen LogP contribution in [0, 0.1) is 17.0 Å². The molecule has 0 saturated heterocycles. The normalized spacial score (nSPS) is 11.6. The molecule has 0 amide bonds. The molecule has 2 rings (SSSR count). The Bertz CT molecular complexity index is 683. The zero-order valence-electron chi connectivity index (χ0n) is 11.8. The molecule has 7 nitrogen and oxygen atoms in total. The third-order valence-electron chi connectivity index (χ3n) is 3.35. The van der Waals surface area contributed by atoms with Crippen LogP contribution in [-0.4, -0.2) is 38.9 Å². The molecule has 112 valence electrons. The number of hydrogen-bond acceptors (Lipinski definition) is 6. The number of anilines is 1. The first-order valence-corrected chi connectivity index (χ1v) is 6.44. The molecule has 21 heavy (non-hydrogen) atoms. The Balaban J connectivity index is 2.63. The molecule has 1 aromatic heterocycles. The van der Waals surface area contributed by atoms with Gasteiger partial charge in [-0.15, -0.1) is 0 Å². The standard InChI is InChI=1S/C14H17N3O4/c1-9-5-10-11(6-15-9)13(17(20)21)4-3-12(10)16-14(2,7-18)8-19/h3-6,16,18-19H,7-8H2,1-2H3. The number of nitrogens with zero attached hydrogens (tertiary/aromatic N) is 2. The number of non-ortho nitro benzene ring substituents is 1. The van der Waals surface area contributed by atoms with Crippen molar-refractivity contribution in [3.8, 4) is 0 Å². The van der Waals surface area contributed by atoms with Gasteiger partial charge in [0.15, 0.2) is 0 Å². The first-order valence-electron chi connectivity index (χ1n) is 6.44. The fourth-order valence-corrected chi connectivity index (χ4v) is 2.05. The van der Waals surface area contributed by atoms with Gasteiger partial charge in [-0.3, -0.25) is 15.1 Å². The molecule has 0 fully saturated rings. The number of aryl methyl sites for hydroxylation is 1.